The van der Waals surface area contributed by atoms with Crippen LogP contribution in [0, 0.1) is 11.8 Å². The predicted octanol–water partition coefficient (Wildman–Crippen LogP) is 3.79. The van der Waals surface area contributed by atoms with Crippen LogP contribution in [0.25, 0.3) is 0 Å². The number of hydrogen-bond acceptors (Lipinski definition) is 1. The molecule has 2 heteroatoms. The topological polar surface area (TPSA) is 9.23 Å². The van der Waals surface area contributed by atoms with Crippen molar-refractivity contribution in [2.75, 3.05) is 0 Å². The van der Waals surface area contributed by atoms with E-state index in [0.717, 1.165) is 12.3 Å². The summed E-state index contributed by atoms with van der Waals surface area (Å²) >= 11 is 0. The fourth-order valence-electron chi connectivity index (χ4n) is 1.65. The van der Waals surface area contributed by atoms with E-state index in [1.807, 2.05) is 0 Å². The maximum absolute atomic E-state index is 6.00. The molecule has 1 aliphatic carbocycles. The number of rotatable bonds is 2. The van der Waals surface area contributed by atoms with Gasteiger partial charge in [-0.1, -0.05) is 13.8 Å². The molecule has 0 heterocycles. The predicted molar refractivity (Wildman–Crippen MR) is 60.1 cm³/mol. The lowest BCUT2D eigenvalue weighted by Gasteiger charge is -2.29. The molecule has 1 nitrogen and oxygen atoms in total. The van der Waals surface area contributed by atoms with E-state index >= 15 is 0 Å². The highest BCUT2D eigenvalue weighted by molar-refractivity contribution is 6.70. The van der Waals surface area contributed by atoms with Crippen LogP contribution in [0.15, 0.2) is 11.8 Å². The number of hydrogen-bond donors (Lipinski definition) is 0. The second-order valence-corrected chi connectivity index (χ2v) is 9.65. The van der Waals surface area contributed by atoms with E-state index in [4.69, 9.17) is 4.43 Å². The molecule has 0 aliphatic heterocycles. The van der Waals surface area contributed by atoms with Crippen LogP contribution in [0.2, 0.25) is 19.6 Å². The highest BCUT2D eigenvalue weighted by Gasteiger charge is 2.22. The fourth-order valence-corrected chi connectivity index (χ4v) is 2.61. The third-order valence-electron chi connectivity index (χ3n) is 2.63. The summed E-state index contributed by atoms with van der Waals surface area (Å²) in [6.07, 6.45) is 4.76. The van der Waals surface area contributed by atoms with Gasteiger partial charge in [0.25, 0.3) is 0 Å². The van der Waals surface area contributed by atoms with E-state index in [1.54, 1.807) is 0 Å². The first kappa shape index (κ1) is 10.8. The van der Waals surface area contributed by atoms with Crippen molar-refractivity contribution in [3.8, 4) is 0 Å². The smallest absolute Gasteiger partial charge is 0.241 e. The maximum atomic E-state index is 6.00. The molecule has 0 fully saturated rings. The Balaban J connectivity index is 2.57. The molecule has 13 heavy (non-hydrogen) atoms. The molecule has 0 aromatic heterocycles. The molecule has 0 spiro atoms. The van der Waals surface area contributed by atoms with Gasteiger partial charge in [0.1, 0.15) is 0 Å². The van der Waals surface area contributed by atoms with Gasteiger partial charge in [0.2, 0.25) is 8.32 Å². The molecular formula is C11H22OSi. The molecule has 76 valence electrons. The molecular weight excluding hydrogens is 176 g/mol. The first-order chi connectivity index (χ1) is 5.88. The van der Waals surface area contributed by atoms with Gasteiger partial charge in [0.15, 0.2) is 0 Å². The Hall–Kier alpha value is -0.243. The highest BCUT2D eigenvalue weighted by atomic mass is 28.4. The van der Waals surface area contributed by atoms with Gasteiger partial charge in [0, 0.05) is 6.42 Å². The molecule has 0 saturated carbocycles. The molecule has 0 amide bonds. The average Bonchev–Trinajstić information content (AvgIpc) is 1.94. The van der Waals surface area contributed by atoms with Gasteiger partial charge >= 0.3 is 0 Å². The Labute approximate surface area is 83.3 Å². The lowest BCUT2D eigenvalue weighted by molar-refractivity contribution is 0.317. The standard InChI is InChI=1S/C11H22OSi/c1-9-6-7-11(8-10(9)2)12-13(3,4)5/h8-10H,6-7H2,1-5H3. The van der Waals surface area contributed by atoms with E-state index in [2.05, 4.69) is 39.6 Å². The van der Waals surface area contributed by atoms with Gasteiger partial charge < -0.3 is 4.43 Å². The molecule has 0 bridgehead atoms. The van der Waals surface area contributed by atoms with E-state index < -0.39 is 8.32 Å². The lowest BCUT2D eigenvalue weighted by Crippen LogP contribution is -2.26. The third kappa shape index (κ3) is 3.55. The van der Waals surface area contributed by atoms with E-state index in [0.29, 0.717) is 5.92 Å². The van der Waals surface area contributed by atoms with Crippen LogP contribution in [0.3, 0.4) is 0 Å². The summed E-state index contributed by atoms with van der Waals surface area (Å²) in [6, 6.07) is 0. The van der Waals surface area contributed by atoms with Crippen molar-refractivity contribution in [1.29, 1.82) is 0 Å². The largest absolute Gasteiger partial charge is 0.548 e. The Bertz CT molecular complexity index is 203. The second-order valence-electron chi connectivity index (χ2n) is 5.22. The molecule has 2 unspecified atom stereocenters. The average molecular weight is 198 g/mol. The minimum absolute atomic E-state index is 0.695. The van der Waals surface area contributed by atoms with Crippen LogP contribution in [0.4, 0.5) is 0 Å². The molecule has 1 rings (SSSR count). The first-order valence-corrected chi connectivity index (χ1v) is 8.69. The van der Waals surface area contributed by atoms with Crippen molar-refractivity contribution in [1.82, 2.24) is 0 Å². The Morgan fingerprint density at radius 1 is 1.31 bits per heavy atom. The zero-order valence-electron chi connectivity index (χ0n) is 9.55. The van der Waals surface area contributed by atoms with Crippen molar-refractivity contribution in [2.45, 2.75) is 46.3 Å². The van der Waals surface area contributed by atoms with Crippen molar-refractivity contribution < 1.29 is 4.43 Å². The maximum Gasteiger partial charge on any atom is 0.241 e. The molecule has 2 atom stereocenters. The Morgan fingerprint density at radius 2 is 1.92 bits per heavy atom. The minimum Gasteiger partial charge on any atom is -0.548 e. The Kier molecular flexibility index (Phi) is 3.22. The fraction of sp³-hybridized carbons (Fsp3) is 0.818. The van der Waals surface area contributed by atoms with Gasteiger partial charge in [0.05, 0.1) is 5.76 Å². The molecule has 0 radical (unpaired) electrons. The zero-order chi connectivity index (χ0) is 10.1. The lowest BCUT2D eigenvalue weighted by atomic mass is 9.86. The van der Waals surface area contributed by atoms with Crippen LogP contribution in [-0.4, -0.2) is 8.32 Å². The van der Waals surface area contributed by atoms with Crippen molar-refractivity contribution in [3.05, 3.63) is 11.8 Å². The van der Waals surface area contributed by atoms with Crippen LogP contribution in [0.1, 0.15) is 26.7 Å². The zero-order valence-corrected chi connectivity index (χ0v) is 10.6. The summed E-state index contributed by atoms with van der Waals surface area (Å²) in [6.45, 7) is 11.4. The van der Waals surface area contributed by atoms with Gasteiger partial charge in [-0.05, 0) is 44.0 Å². The summed E-state index contributed by atoms with van der Waals surface area (Å²) in [4.78, 5) is 0. The summed E-state index contributed by atoms with van der Waals surface area (Å²) in [5.41, 5.74) is 0. The summed E-state index contributed by atoms with van der Waals surface area (Å²) in [7, 11) is -1.36. The molecule has 1 aliphatic rings. The molecule has 0 saturated heterocycles. The van der Waals surface area contributed by atoms with Crippen molar-refractivity contribution in [3.63, 3.8) is 0 Å². The van der Waals surface area contributed by atoms with E-state index in [9.17, 15) is 0 Å². The van der Waals surface area contributed by atoms with Crippen LogP contribution < -0.4 is 0 Å². The van der Waals surface area contributed by atoms with Gasteiger partial charge in [-0.25, -0.2) is 0 Å². The molecule has 0 N–H and O–H groups in total. The van der Waals surface area contributed by atoms with Crippen LogP contribution in [-0.2, 0) is 4.43 Å². The summed E-state index contributed by atoms with van der Waals surface area (Å²) < 4.78 is 6.00. The van der Waals surface area contributed by atoms with Crippen LogP contribution in [0.5, 0.6) is 0 Å². The highest BCUT2D eigenvalue weighted by Crippen LogP contribution is 2.29. The van der Waals surface area contributed by atoms with Crippen molar-refractivity contribution in [2.24, 2.45) is 11.8 Å². The SMILES string of the molecule is CC1C=C(O[Si](C)(C)C)CCC1C. The van der Waals surface area contributed by atoms with Gasteiger partial charge in [-0.2, -0.15) is 0 Å². The van der Waals surface area contributed by atoms with E-state index in [-0.39, 0.29) is 0 Å². The summed E-state index contributed by atoms with van der Waals surface area (Å²) in [5.74, 6) is 2.78. The molecule has 0 aromatic rings. The minimum atomic E-state index is -1.36. The third-order valence-corrected chi connectivity index (χ3v) is 3.50. The summed E-state index contributed by atoms with van der Waals surface area (Å²) in [5, 5.41) is 0. The normalized spacial score (nSPS) is 29.8. The molecule has 0 aromatic carbocycles. The quantitative estimate of drug-likeness (QED) is 0.613. The van der Waals surface area contributed by atoms with E-state index in [1.165, 1.54) is 12.2 Å². The van der Waals surface area contributed by atoms with Gasteiger partial charge in [-0.3, -0.25) is 0 Å². The Morgan fingerprint density at radius 3 is 2.38 bits per heavy atom. The second kappa shape index (κ2) is 3.87. The first-order valence-electron chi connectivity index (χ1n) is 5.28. The van der Waals surface area contributed by atoms with Gasteiger partial charge in [-0.15, -0.1) is 0 Å². The van der Waals surface area contributed by atoms with Crippen LogP contribution >= 0.6 is 0 Å². The monoisotopic (exact) mass is 198 g/mol. The number of allylic oxidation sites excluding steroid dienone is 2. The van der Waals surface area contributed by atoms with Crippen molar-refractivity contribution >= 4 is 8.32 Å².